The molecule has 0 saturated carbocycles. The molecule has 1 aliphatic rings. The van der Waals surface area contributed by atoms with Crippen molar-refractivity contribution in [3.8, 4) is 6.01 Å². The fourth-order valence-electron chi connectivity index (χ4n) is 3.25. The van der Waals surface area contributed by atoms with Crippen LogP contribution in [0.2, 0.25) is 0 Å². The van der Waals surface area contributed by atoms with Crippen LogP contribution in [0.4, 0.5) is 0 Å². The third kappa shape index (κ3) is 4.85. The van der Waals surface area contributed by atoms with E-state index >= 15 is 0 Å². The summed E-state index contributed by atoms with van der Waals surface area (Å²) in [6.45, 7) is 9.91. The van der Waals surface area contributed by atoms with Crippen LogP contribution in [0, 0.1) is 0 Å². The Morgan fingerprint density at radius 1 is 1.19 bits per heavy atom. The highest BCUT2D eigenvalue weighted by Crippen LogP contribution is 2.23. The van der Waals surface area contributed by atoms with Gasteiger partial charge in [-0.05, 0) is 47.9 Å². The first-order chi connectivity index (χ1) is 12.9. The second kappa shape index (κ2) is 8.07. The minimum absolute atomic E-state index is 0.0611. The summed E-state index contributed by atoms with van der Waals surface area (Å²) in [6.07, 6.45) is 6.26. The van der Waals surface area contributed by atoms with Gasteiger partial charge in [-0.3, -0.25) is 4.79 Å². The number of piperidine rings is 1. The van der Waals surface area contributed by atoms with Crippen LogP contribution in [-0.2, 0) is 11.8 Å². The number of amides is 1. The number of benzene rings is 1. The Bertz CT molecular complexity index is 764. The molecule has 2 aromatic rings. The molecule has 0 spiro atoms. The monoisotopic (exact) mass is 367 g/mol. The van der Waals surface area contributed by atoms with Gasteiger partial charge in [0, 0.05) is 24.5 Å². The van der Waals surface area contributed by atoms with Gasteiger partial charge in [-0.25, -0.2) is 9.97 Å². The highest BCUT2D eigenvalue weighted by Gasteiger charge is 2.26. The van der Waals surface area contributed by atoms with Crippen molar-refractivity contribution in [2.24, 2.45) is 0 Å². The summed E-state index contributed by atoms with van der Waals surface area (Å²) in [7, 11) is 0. The van der Waals surface area contributed by atoms with E-state index in [1.54, 1.807) is 12.4 Å². The van der Waals surface area contributed by atoms with Gasteiger partial charge in [-0.1, -0.05) is 39.8 Å². The molecule has 1 aromatic carbocycles. The molecule has 144 valence electrons. The van der Waals surface area contributed by atoms with Gasteiger partial charge in [0.15, 0.2) is 0 Å². The maximum Gasteiger partial charge on any atom is 0.316 e. The summed E-state index contributed by atoms with van der Waals surface area (Å²) in [6, 6.07) is 8.35. The topological polar surface area (TPSA) is 55.3 Å². The van der Waals surface area contributed by atoms with Gasteiger partial charge >= 0.3 is 6.01 Å². The molecular weight excluding hydrogens is 338 g/mol. The molecular formula is C22H29N3O2. The first-order valence-corrected chi connectivity index (χ1v) is 9.74. The van der Waals surface area contributed by atoms with Gasteiger partial charge in [-0.15, -0.1) is 0 Å². The number of ether oxygens (including phenoxy) is 1. The lowest BCUT2D eigenvalue weighted by Gasteiger charge is -2.32. The molecule has 1 amide bonds. The smallest absolute Gasteiger partial charge is 0.316 e. The number of nitrogens with zero attached hydrogens (tertiary/aromatic N) is 3. The van der Waals surface area contributed by atoms with Gasteiger partial charge in [0.1, 0.15) is 6.10 Å². The molecule has 1 saturated heterocycles. The number of carbonyl (C=O) groups is 1. The van der Waals surface area contributed by atoms with E-state index < -0.39 is 0 Å². The summed E-state index contributed by atoms with van der Waals surface area (Å²) in [5.74, 6) is 0.0611. The lowest BCUT2D eigenvalue weighted by atomic mass is 9.86. The number of likely N-dealkylation sites (tertiary alicyclic amines) is 1. The van der Waals surface area contributed by atoms with Crippen molar-refractivity contribution in [2.75, 3.05) is 13.1 Å². The normalized spacial score (nSPS) is 17.6. The van der Waals surface area contributed by atoms with Crippen molar-refractivity contribution >= 4 is 5.91 Å². The van der Waals surface area contributed by atoms with Gasteiger partial charge < -0.3 is 9.64 Å². The Morgan fingerprint density at radius 3 is 2.44 bits per heavy atom. The van der Waals surface area contributed by atoms with Gasteiger partial charge in [0.2, 0.25) is 0 Å². The maximum atomic E-state index is 12.9. The number of aryl methyl sites for hydroxylation is 1. The summed E-state index contributed by atoms with van der Waals surface area (Å²) >= 11 is 0. The summed E-state index contributed by atoms with van der Waals surface area (Å²) < 4.78 is 5.92. The number of hydrogen-bond donors (Lipinski definition) is 0. The SMILES string of the molecule is CCc1cnc(OC2CCCN(C(=O)c3ccc(C(C)(C)C)cc3)C2)nc1. The Labute approximate surface area is 161 Å². The van der Waals surface area contributed by atoms with E-state index in [1.165, 1.54) is 5.56 Å². The molecule has 0 bridgehead atoms. The van der Waals surface area contributed by atoms with E-state index in [9.17, 15) is 4.79 Å². The van der Waals surface area contributed by atoms with E-state index in [2.05, 4.69) is 37.7 Å². The number of rotatable bonds is 4. The lowest BCUT2D eigenvalue weighted by molar-refractivity contribution is 0.0515. The number of hydrogen-bond acceptors (Lipinski definition) is 4. The number of carbonyl (C=O) groups excluding carboxylic acids is 1. The highest BCUT2D eigenvalue weighted by atomic mass is 16.5. The predicted octanol–water partition coefficient (Wildman–Crippen LogP) is 4.02. The van der Waals surface area contributed by atoms with E-state index in [0.717, 1.165) is 36.9 Å². The van der Waals surface area contributed by atoms with Crippen LogP contribution < -0.4 is 4.74 Å². The molecule has 3 rings (SSSR count). The zero-order valence-electron chi connectivity index (χ0n) is 16.7. The molecule has 1 unspecified atom stereocenters. The van der Waals surface area contributed by atoms with Crippen LogP contribution in [0.3, 0.4) is 0 Å². The maximum absolute atomic E-state index is 12.9. The van der Waals surface area contributed by atoms with E-state index in [1.807, 2.05) is 29.2 Å². The van der Waals surface area contributed by atoms with Crippen molar-refractivity contribution in [2.45, 2.75) is 58.5 Å². The van der Waals surface area contributed by atoms with Crippen LogP contribution >= 0.6 is 0 Å². The van der Waals surface area contributed by atoms with Crippen molar-refractivity contribution in [3.63, 3.8) is 0 Å². The van der Waals surface area contributed by atoms with E-state index in [-0.39, 0.29) is 17.4 Å². The second-order valence-electron chi connectivity index (χ2n) is 8.19. The average Bonchev–Trinajstić information content (AvgIpc) is 2.68. The molecule has 2 heterocycles. The first-order valence-electron chi connectivity index (χ1n) is 9.74. The Balaban J connectivity index is 1.63. The fourth-order valence-corrected chi connectivity index (χ4v) is 3.25. The third-order valence-electron chi connectivity index (χ3n) is 5.03. The predicted molar refractivity (Wildman–Crippen MR) is 106 cm³/mol. The fraction of sp³-hybridized carbons (Fsp3) is 0.500. The largest absolute Gasteiger partial charge is 0.458 e. The van der Waals surface area contributed by atoms with Crippen molar-refractivity contribution < 1.29 is 9.53 Å². The molecule has 0 radical (unpaired) electrons. The molecule has 1 fully saturated rings. The minimum atomic E-state index is -0.0657. The van der Waals surface area contributed by atoms with Crippen molar-refractivity contribution in [1.29, 1.82) is 0 Å². The molecule has 1 aliphatic heterocycles. The summed E-state index contributed by atoms with van der Waals surface area (Å²) in [5.41, 5.74) is 3.12. The molecule has 0 N–H and O–H groups in total. The Kier molecular flexibility index (Phi) is 5.78. The van der Waals surface area contributed by atoms with Gasteiger partial charge in [0.25, 0.3) is 5.91 Å². The van der Waals surface area contributed by atoms with Crippen LogP contribution in [0.5, 0.6) is 6.01 Å². The van der Waals surface area contributed by atoms with Crippen LogP contribution in [0.25, 0.3) is 0 Å². The zero-order valence-corrected chi connectivity index (χ0v) is 16.7. The number of aromatic nitrogens is 2. The van der Waals surface area contributed by atoms with E-state index in [4.69, 9.17) is 4.74 Å². The Morgan fingerprint density at radius 2 is 1.85 bits per heavy atom. The lowest BCUT2D eigenvalue weighted by Crippen LogP contribution is -2.44. The van der Waals surface area contributed by atoms with Gasteiger partial charge in [0.05, 0.1) is 6.54 Å². The van der Waals surface area contributed by atoms with Crippen LogP contribution in [0.1, 0.15) is 62.0 Å². The second-order valence-corrected chi connectivity index (χ2v) is 8.19. The molecule has 1 atom stereocenters. The Hall–Kier alpha value is -2.43. The molecule has 27 heavy (non-hydrogen) atoms. The van der Waals surface area contributed by atoms with Crippen LogP contribution in [-0.4, -0.2) is 40.0 Å². The third-order valence-corrected chi connectivity index (χ3v) is 5.03. The summed E-state index contributed by atoms with van der Waals surface area (Å²) in [4.78, 5) is 23.3. The van der Waals surface area contributed by atoms with Crippen LogP contribution in [0.15, 0.2) is 36.7 Å². The van der Waals surface area contributed by atoms with Crippen molar-refractivity contribution in [3.05, 3.63) is 53.3 Å². The average molecular weight is 367 g/mol. The molecule has 5 nitrogen and oxygen atoms in total. The quantitative estimate of drug-likeness (QED) is 0.819. The highest BCUT2D eigenvalue weighted by molar-refractivity contribution is 5.94. The zero-order chi connectivity index (χ0) is 19.4. The van der Waals surface area contributed by atoms with Gasteiger partial charge in [-0.2, -0.15) is 0 Å². The standard InChI is InChI=1S/C22H29N3O2/c1-5-16-13-23-21(24-14-16)27-19-7-6-12-25(15-19)20(26)17-8-10-18(11-9-17)22(2,3)4/h8-11,13-14,19H,5-7,12,15H2,1-4H3. The molecule has 5 heteroatoms. The minimum Gasteiger partial charge on any atom is -0.458 e. The van der Waals surface area contributed by atoms with Crippen molar-refractivity contribution in [1.82, 2.24) is 14.9 Å². The molecule has 1 aromatic heterocycles. The first kappa shape index (κ1) is 19.3. The molecule has 0 aliphatic carbocycles. The van der Waals surface area contributed by atoms with E-state index in [0.29, 0.717) is 12.6 Å². The summed E-state index contributed by atoms with van der Waals surface area (Å²) in [5, 5.41) is 0.